The van der Waals surface area contributed by atoms with E-state index in [1.54, 1.807) is 41.3 Å². The molecule has 0 spiro atoms. The van der Waals surface area contributed by atoms with E-state index in [1.165, 1.54) is 17.8 Å². The molecule has 0 unspecified atom stereocenters. The molecule has 4 rings (SSSR count). The number of ether oxygens (including phenoxy) is 1. The lowest BCUT2D eigenvalue weighted by Gasteiger charge is -2.14. The van der Waals surface area contributed by atoms with Crippen LogP contribution >= 0.6 is 24.0 Å². The van der Waals surface area contributed by atoms with Gasteiger partial charge in [0.25, 0.3) is 11.9 Å². The van der Waals surface area contributed by atoms with E-state index in [0.29, 0.717) is 27.1 Å². The maximum Gasteiger partial charge on any atom is 0.345 e. The highest BCUT2D eigenvalue weighted by atomic mass is 32.2. The molecule has 1 aliphatic heterocycles. The summed E-state index contributed by atoms with van der Waals surface area (Å²) in [4.78, 5) is 26.8. The van der Waals surface area contributed by atoms with Crippen molar-refractivity contribution in [2.75, 3.05) is 0 Å². The van der Waals surface area contributed by atoms with E-state index in [9.17, 15) is 9.59 Å². The Hall–Kier alpha value is -3.16. The Kier molecular flexibility index (Phi) is 5.59. The van der Waals surface area contributed by atoms with Crippen LogP contribution in [-0.4, -0.2) is 21.1 Å². The molecule has 0 atom stereocenters. The van der Waals surface area contributed by atoms with Crippen molar-refractivity contribution in [2.24, 2.45) is 0 Å². The van der Waals surface area contributed by atoms with Gasteiger partial charge in [-0.05, 0) is 23.8 Å². The van der Waals surface area contributed by atoms with Gasteiger partial charge in [0.1, 0.15) is 10.1 Å². The molecule has 3 aromatic rings. The molecule has 7 heteroatoms. The third-order valence-corrected chi connectivity index (χ3v) is 5.51. The van der Waals surface area contributed by atoms with Crippen molar-refractivity contribution in [3.05, 3.63) is 94.6 Å². The van der Waals surface area contributed by atoms with Crippen LogP contribution in [0.2, 0.25) is 0 Å². The molecule has 144 valence electrons. The summed E-state index contributed by atoms with van der Waals surface area (Å²) in [5.41, 5.74) is 1.42. The van der Waals surface area contributed by atoms with Gasteiger partial charge in [-0.2, -0.15) is 0 Å². The van der Waals surface area contributed by atoms with Gasteiger partial charge < -0.3 is 9.15 Å². The molecule has 2 aromatic carbocycles. The summed E-state index contributed by atoms with van der Waals surface area (Å²) < 4.78 is 11.3. The van der Waals surface area contributed by atoms with Gasteiger partial charge in [-0.15, -0.1) is 0 Å². The lowest BCUT2D eigenvalue weighted by Crippen LogP contribution is -2.27. The molecule has 1 amide bonds. The molecule has 1 fully saturated rings. The van der Waals surface area contributed by atoms with Crippen LogP contribution < -0.4 is 4.74 Å². The molecule has 1 aromatic heterocycles. The number of hydrogen-bond donors (Lipinski definition) is 0. The number of rotatable bonds is 5. The molecule has 1 aliphatic rings. The Labute approximate surface area is 177 Å². The van der Waals surface area contributed by atoms with E-state index in [-0.39, 0.29) is 11.9 Å². The van der Waals surface area contributed by atoms with E-state index in [0.717, 1.165) is 5.56 Å². The lowest BCUT2D eigenvalue weighted by molar-refractivity contribution is -0.122. The maximum atomic E-state index is 12.7. The van der Waals surface area contributed by atoms with Crippen LogP contribution in [0.5, 0.6) is 5.95 Å². The van der Waals surface area contributed by atoms with Crippen molar-refractivity contribution in [1.82, 2.24) is 4.90 Å². The summed E-state index contributed by atoms with van der Waals surface area (Å²) in [6.07, 6.45) is 1.60. The van der Waals surface area contributed by atoms with E-state index in [1.807, 2.05) is 36.4 Å². The summed E-state index contributed by atoms with van der Waals surface area (Å²) in [5.74, 6) is -0.227. The molecule has 1 saturated heterocycles. The minimum Gasteiger partial charge on any atom is -0.426 e. The van der Waals surface area contributed by atoms with Crippen molar-refractivity contribution in [1.29, 1.82) is 0 Å². The molecular weight excluding hydrogens is 406 g/mol. The SMILES string of the molecule is O=C(Oc1ccc(C=C2SC(=S)N(Cc3ccccc3)C2=O)o1)c1ccccc1. The summed E-state index contributed by atoms with van der Waals surface area (Å²) in [7, 11) is 0. The average Bonchev–Trinajstić information content (AvgIpc) is 3.29. The first-order chi connectivity index (χ1) is 14.1. The lowest BCUT2D eigenvalue weighted by atomic mass is 10.2. The number of amides is 1. The highest BCUT2D eigenvalue weighted by Crippen LogP contribution is 2.34. The van der Waals surface area contributed by atoms with Crippen LogP contribution in [0.25, 0.3) is 6.08 Å². The minimum absolute atomic E-state index is 0.0601. The number of furan rings is 1. The van der Waals surface area contributed by atoms with Gasteiger partial charge >= 0.3 is 5.97 Å². The third kappa shape index (κ3) is 4.47. The monoisotopic (exact) mass is 421 g/mol. The van der Waals surface area contributed by atoms with Crippen molar-refractivity contribution < 1.29 is 18.7 Å². The van der Waals surface area contributed by atoms with Crippen LogP contribution in [0.15, 0.2) is 82.1 Å². The second-order valence-corrected chi connectivity index (χ2v) is 7.84. The summed E-state index contributed by atoms with van der Waals surface area (Å²) in [6, 6.07) is 21.5. The summed E-state index contributed by atoms with van der Waals surface area (Å²) in [5, 5.41) is 0. The van der Waals surface area contributed by atoms with E-state index < -0.39 is 5.97 Å². The number of hydrogen-bond acceptors (Lipinski definition) is 6. The quantitative estimate of drug-likeness (QED) is 0.332. The second kappa shape index (κ2) is 8.46. The smallest absolute Gasteiger partial charge is 0.345 e. The van der Waals surface area contributed by atoms with Crippen LogP contribution in [0.1, 0.15) is 21.7 Å². The molecule has 0 aliphatic carbocycles. The van der Waals surface area contributed by atoms with Gasteiger partial charge in [0.05, 0.1) is 17.0 Å². The zero-order valence-electron chi connectivity index (χ0n) is 15.1. The number of nitrogens with zero attached hydrogens (tertiary/aromatic N) is 1. The number of carbonyl (C=O) groups excluding carboxylic acids is 2. The zero-order valence-corrected chi connectivity index (χ0v) is 16.7. The number of carbonyl (C=O) groups is 2. The molecule has 0 radical (unpaired) electrons. The highest BCUT2D eigenvalue weighted by Gasteiger charge is 2.32. The Balaban J connectivity index is 1.45. The normalized spacial score (nSPS) is 15.2. The topological polar surface area (TPSA) is 59.8 Å². The second-order valence-electron chi connectivity index (χ2n) is 6.17. The van der Waals surface area contributed by atoms with Crippen molar-refractivity contribution in [3.8, 4) is 5.95 Å². The fourth-order valence-electron chi connectivity index (χ4n) is 2.72. The average molecular weight is 421 g/mol. The number of benzene rings is 2. The van der Waals surface area contributed by atoms with Crippen LogP contribution in [0.4, 0.5) is 0 Å². The van der Waals surface area contributed by atoms with Gasteiger partial charge in [0, 0.05) is 12.1 Å². The zero-order chi connectivity index (χ0) is 20.2. The van der Waals surface area contributed by atoms with Crippen molar-refractivity contribution >= 4 is 46.3 Å². The minimum atomic E-state index is -0.513. The van der Waals surface area contributed by atoms with Crippen molar-refractivity contribution in [2.45, 2.75) is 6.54 Å². The van der Waals surface area contributed by atoms with Crippen LogP contribution in [-0.2, 0) is 11.3 Å². The maximum absolute atomic E-state index is 12.7. The molecule has 0 saturated carbocycles. The molecular formula is C22H15NO4S2. The molecule has 0 N–H and O–H groups in total. The Morgan fingerprint density at radius 3 is 2.45 bits per heavy atom. The third-order valence-electron chi connectivity index (χ3n) is 4.14. The molecule has 0 bridgehead atoms. The van der Waals surface area contributed by atoms with Gasteiger partial charge in [0.2, 0.25) is 0 Å². The van der Waals surface area contributed by atoms with Gasteiger partial charge in [0.15, 0.2) is 0 Å². The van der Waals surface area contributed by atoms with Crippen molar-refractivity contribution in [3.63, 3.8) is 0 Å². The van der Waals surface area contributed by atoms with Crippen LogP contribution in [0, 0.1) is 0 Å². The Bertz CT molecular complexity index is 1090. The standard InChI is InChI=1S/C22H15NO4S2/c24-20-18(29-22(28)23(20)14-15-7-3-1-4-8-15)13-17-11-12-19(26-17)27-21(25)16-9-5-2-6-10-16/h1-13H,14H2. The Morgan fingerprint density at radius 2 is 1.72 bits per heavy atom. The summed E-state index contributed by atoms with van der Waals surface area (Å²) in [6.45, 7) is 0.418. The number of thioether (sulfide) groups is 1. The van der Waals surface area contributed by atoms with Crippen LogP contribution in [0.3, 0.4) is 0 Å². The predicted molar refractivity (Wildman–Crippen MR) is 115 cm³/mol. The number of esters is 1. The van der Waals surface area contributed by atoms with Gasteiger partial charge in [-0.3, -0.25) is 9.69 Å². The van der Waals surface area contributed by atoms with E-state index >= 15 is 0 Å². The van der Waals surface area contributed by atoms with Gasteiger partial charge in [-0.1, -0.05) is 72.5 Å². The fourth-order valence-corrected chi connectivity index (χ4v) is 3.96. The summed E-state index contributed by atoms with van der Waals surface area (Å²) >= 11 is 6.57. The first kappa shape index (κ1) is 19.2. The van der Waals surface area contributed by atoms with E-state index in [4.69, 9.17) is 21.4 Å². The Morgan fingerprint density at radius 1 is 1.03 bits per heavy atom. The first-order valence-corrected chi connectivity index (χ1v) is 9.99. The molecule has 5 nitrogen and oxygen atoms in total. The predicted octanol–water partition coefficient (Wildman–Crippen LogP) is 4.90. The largest absolute Gasteiger partial charge is 0.426 e. The molecule has 2 heterocycles. The highest BCUT2D eigenvalue weighted by molar-refractivity contribution is 8.26. The fraction of sp³-hybridized carbons (Fsp3) is 0.0455. The number of thiocarbonyl (C=S) groups is 1. The van der Waals surface area contributed by atoms with E-state index in [2.05, 4.69) is 0 Å². The molecule has 29 heavy (non-hydrogen) atoms. The first-order valence-electron chi connectivity index (χ1n) is 8.76. The van der Waals surface area contributed by atoms with Gasteiger partial charge in [-0.25, -0.2) is 4.79 Å².